The summed E-state index contributed by atoms with van der Waals surface area (Å²) in [6, 6.07) is 14.9. The van der Waals surface area contributed by atoms with Gasteiger partial charge in [-0.25, -0.2) is 13.1 Å². The molecule has 0 unspecified atom stereocenters. The monoisotopic (exact) mass is 428 g/mol. The SMILES string of the molecule is C=CC(=O)N1CCC(C(=O)NS(=O)(=O)c2ccc(OC)cc2)(c2ccccc2)CC1. The van der Waals surface area contributed by atoms with Gasteiger partial charge in [0.15, 0.2) is 0 Å². The van der Waals surface area contributed by atoms with Crippen LogP contribution >= 0.6 is 0 Å². The molecule has 1 aliphatic heterocycles. The van der Waals surface area contributed by atoms with Crippen LogP contribution in [0.3, 0.4) is 0 Å². The Morgan fingerprint density at radius 2 is 1.67 bits per heavy atom. The van der Waals surface area contributed by atoms with E-state index in [0.717, 1.165) is 5.56 Å². The summed E-state index contributed by atoms with van der Waals surface area (Å²) in [7, 11) is -2.58. The summed E-state index contributed by atoms with van der Waals surface area (Å²) in [6.45, 7) is 4.16. The highest BCUT2D eigenvalue weighted by molar-refractivity contribution is 7.90. The number of nitrogens with one attached hydrogen (secondary N) is 1. The van der Waals surface area contributed by atoms with Gasteiger partial charge in [-0.3, -0.25) is 9.59 Å². The molecule has 0 saturated carbocycles. The molecule has 2 aromatic carbocycles. The number of carbonyl (C=O) groups excluding carboxylic acids is 2. The number of ether oxygens (including phenoxy) is 1. The molecule has 0 radical (unpaired) electrons. The van der Waals surface area contributed by atoms with Gasteiger partial charge in [0.1, 0.15) is 5.75 Å². The van der Waals surface area contributed by atoms with Gasteiger partial charge in [-0.1, -0.05) is 36.9 Å². The van der Waals surface area contributed by atoms with E-state index in [4.69, 9.17) is 4.74 Å². The van der Waals surface area contributed by atoms with Gasteiger partial charge in [0.2, 0.25) is 11.8 Å². The molecule has 0 aromatic heterocycles. The molecule has 2 amide bonds. The molecule has 0 atom stereocenters. The summed E-state index contributed by atoms with van der Waals surface area (Å²) < 4.78 is 32.9. The van der Waals surface area contributed by atoms with Gasteiger partial charge in [0.25, 0.3) is 10.0 Å². The van der Waals surface area contributed by atoms with Gasteiger partial charge in [-0.2, -0.15) is 0 Å². The lowest BCUT2D eigenvalue weighted by molar-refractivity contribution is -0.132. The van der Waals surface area contributed by atoms with Gasteiger partial charge in [0, 0.05) is 13.1 Å². The Hall–Kier alpha value is -3.13. The number of hydrogen-bond acceptors (Lipinski definition) is 5. The minimum Gasteiger partial charge on any atom is -0.497 e. The summed E-state index contributed by atoms with van der Waals surface area (Å²) in [4.78, 5) is 26.9. The third kappa shape index (κ3) is 4.23. The van der Waals surface area contributed by atoms with Crippen molar-refractivity contribution >= 4 is 21.8 Å². The number of amides is 2. The van der Waals surface area contributed by atoms with E-state index in [1.54, 1.807) is 4.90 Å². The first kappa shape index (κ1) is 21.6. The van der Waals surface area contributed by atoms with E-state index in [1.165, 1.54) is 37.5 Å². The molecule has 8 heteroatoms. The minimum absolute atomic E-state index is 0.0286. The number of likely N-dealkylation sites (tertiary alicyclic amines) is 1. The molecule has 1 heterocycles. The topological polar surface area (TPSA) is 92.8 Å². The molecule has 1 N–H and O–H groups in total. The van der Waals surface area contributed by atoms with Crippen molar-refractivity contribution in [2.75, 3.05) is 20.2 Å². The lowest BCUT2D eigenvalue weighted by Crippen LogP contribution is -2.53. The normalized spacial score (nSPS) is 15.8. The Morgan fingerprint density at radius 3 is 2.20 bits per heavy atom. The number of benzene rings is 2. The molecule has 0 spiro atoms. The quantitative estimate of drug-likeness (QED) is 0.713. The Kier molecular flexibility index (Phi) is 6.26. The van der Waals surface area contributed by atoms with E-state index >= 15 is 0 Å². The molecule has 30 heavy (non-hydrogen) atoms. The highest BCUT2D eigenvalue weighted by Gasteiger charge is 2.44. The van der Waals surface area contributed by atoms with E-state index in [-0.39, 0.29) is 10.8 Å². The van der Waals surface area contributed by atoms with Crippen molar-refractivity contribution in [3.8, 4) is 5.75 Å². The maximum absolute atomic E-state index is 13.3. The highest BCUT2D eigenvalue weighted by atomic mass is 32.2. The largest absolute Gasteiger partial charge is 0.497 e. The van der Waals surface area contributed by atoms with Crippen molar-refractivity contribution in [3.05, 3.63) is 72.8 Å². The molecule has 1 aliphatic rings. The Morgan fingerprint density at radius 1 is 1.07 bits per heavy atom. The molecular weight excluding hydrogens is 404 g/mol. The standard InChI is InChI=1S/C22H24N2O5S/c1-3-20(25)24-15-13-22(14-16-24,17-7-5-4-6-8-17)21(26)23-30(27,28)19-11-9-18(29-2)10-12-19/h3-12H,1,13-16H2,2H3,(H,23,26). The Balaban J connectivity index is 1.89. The van der Waals surface area contributed by atoms with Crippen LogP contribution in [0.4, 0.5) is 0 Å². The number of methoxy groups -OCH3 is 1. The zero-order valence-electron chi connectivity index (χ0n) is 16.7. The molecular formula is C22H24N2O5S. The maximum atomic E-state index is 13.3. The van der Waals surface area contributed by atoms with Crippen molar-refractivity contribution in [1.82, 2.24) is 9.62 Å². The Labute approximate surface area is 176 Å². The second kappa shape index (κ2) is 8.71. The smallest absolute Gasteiger partial charge is 0.264 e. The van der Waals surface area contributed by atoms with E-state index < -0.39 is 21.3 Å². The van der Waals surface area contributed by atoms with Crippen LogP contribution in [0, 0.1) is 0 Å². The molecule has 3 rings (SSSR count). The fourth-order valence-corrected chi connectivity index (χ4v) is 4.73. The third-order valence-electron chi connectivity index (χ3n) is 5.46. The predicted octanol–water partition coefficient (Wildman–Crippen LogP) is 2.25. The third-order valence-corrected chi connectivity index (χ3v) is 6.81. The highest BCUT2D eigenvalue weighted by Crippen LogP contribution is 2.36. The van der Waals surface area contributed by atoms with E-state index in [1.807, 2.05) is 30.3 Å². The summed E-state index contributed by atoms with van der Waals surface area (Å²) in [5.74, 6) is -0.293. The van der Waals surface area contributed by atoms with Gasteiger partial charge >= 0.3 is 0 Å². The molecule has 2 aromatic rings. The number of rotatable bonds is 6. The molecule has 1 fully saturated rings. The lowest BCUT2D eigenvalue weighted by Gasteiger charge is -2.40. The van der Waals surface area contributed by atoms with Crippen molar-refractivity contribution in [3.63, 3.8) is 0 Å². The van der Waals surface area contributed by atoms with E-state index in [2.05, 4.69) is 11.3 Å². The van der Waals surface area contributed by atoms with Crippen LogP contribution in [0.1, 0.15) is 18.4 Å². The summed E-state index contributed by atoms with van der Waals surface area (Å²) in [6.07, 6.45) is 1.85. The first-order valence-electron chi connectivity index (χ1n) is 9.50. The number of carbonyl (C=O) groups is 2. The molecule has 1 saturated heterocycles. The van der Waals surface area contributed by atoms with Crippen molar-refractivity contribution in [2.45, 2.75) is 23.2 Å². The minimum atomic E-state index is -4.07. The van der Waals surface area contributed by atoms with Crippen molar-refractivity contribution < 1.29 is 22.7 Å². The van der Waals surface area contributed by atoms with Crippen LogP contribution in [-0.2, 0) is 25.0 Å². The second-order valence-corrected chi connectivity index (χ2v) is 8.77. The molecule has 0 bridgehead atoms. The predicted molar refractivity (Wildman–Crippen MR) is 112 cm³/mol. The van der Waals surface area contributed by atoms with Crippen molar-refractivity contribution in [1.29, 1.82) is 0 Å². The second-order valence-electron chi connectivity index (χ2n) is 7.09. The number of sulfonamides is 1. The number of piperidine rings is 1. The number of hydrogen-bond donors (Lipinski definition) is 1. The fourth-order valence-electron chi connectivity index (χ4n) is 3.68. The molecule has 158 valence electrons. The summed E-state index contributed by atoms with van der Waals surface area (Å²) in [5, 5.41) is 0. The van der Waals surface area contributed by atoms with Gasteiger partial charge in [0.05, 0.1) is 17.4 Å². The average Bonchev–Trinajstić information content (AvgIpc) is 2.79. The molecule has 0 aliphatic carbocycles. The fraction of sp³-hybridized carbons (Fsp3) is 0.273. The average molecular weight is 429 g/mol. The van der Waals surface area contributed by atoms with Crippen molar-refractivity contribution in [2.24, 2.45) is 0 Å². The Bertz CT molecular complexity index is 1020. The zero-order chi connectivity index (χ0) is 21.8. The van der Waals surface area contributed by atoms with Gasteiger partial charge in [-0.05, 0) is 48.7 Å². The van der Waals surface area contributed by atoms with E-state index in [9.17, 15) is 18.0 Å². The van der Waals surface area contributed by atoms with Crippen LogP contribution in [-0.4, -0.2) is 45.3 Å². The van der Waals surface area contributed by atoms with Gasteiger partial charge in [-0.15, -0.1) is 0 Å². The first-order valence-corrected chi connectivity index (χ1v) is 11.0. The van der Waals surface area contributed by atoms with Crippen LogP contribution < -0.4 is 9.46 Å². The maximum Gasteiger partial charge on any atom is 0.264 e. The van der Waals surface area contributed by atoms with Crippen LogP contribution in [0.5, 0.6) is 5.75 Å². The zero-order valence-corrected chi connectivity index (χ0v) is 17.5. The van der Waals surface area contributed by atoms with Crippen LogP contribution in [0.15, 0.2) is 72.1 Å². The summed E-state index contributed by atoms with van der Waals surface area (Å²) >= 11 is 0. The summed E-state index contributed by atoms with van der Waals surface area (Å²) in [5.41, 5.74) is -0.336. The van der Waals surface area contributed by atoms with Crippen LogP contribution in [0.2, 0.25) is 0 Å². The first-order chi connectivity index (χ1) is 14.3. The molecule has 7 nitrogen and oxygen atoms in total. The lowest BCUT2D eigenvalue weighted by atomic mass is 9.72. The number of nitrogens with zero attached hydrogens (tertiary/aromatic N) is 1. The van der Waals surface area contributed by atoms with Crippen LogP contribution in [0.25, 0.3) is 0 Å². The van der Waals surface area contributed by atoms with Gasteiger partial charge < -0.3 is 9.64 Å². The van der Waals surface area contributed by atoms with E-state index in [0.29, 0.717) is 31.7 Å².